The summed E-state index contributed by atoms with van der Waals surface area (Å²) in [6.07, 6.45) is 7.90. The number of piperidine rings is 1. The van der Waals surface area contributed by atoms with Crippen LogP contribution in [-0.4, -0.2) is 58.8 Å². The lowest BCUT2D eigenvalue weighted by atomic mass is 9.91. The summed E-state index contributed by atoms with van der Waals surface area (Å²) in [5, 5.41) is 12.1. The topological polar surface area (TPSA) is 92.5 Å². The number of carbonyl (C=O) groups is 1. The fourth-order valence-electron chi connectivity index (χ4n) is 3.95. The van der Waals surface area contributed by atoms with Crippen LogP contribution in [0.3, 0.4) is 0 Å². The van der Waals surface area contributed by atoms with Crippen LogP contribution in [0.5, 0.6) is 0 Å². The first-order valence-electron chi connectivity index (χ1n) is 9.92. The maximum atomic E-state index is 12.7. The van der Waals surface area contributed by atoms with Crippen LogP contribution in [0.1, 0.15) is 18.4 Å². The maximum Gasteiger partial charge on any atom is 0.226 e. The number of hydrogen-bond donors (Lipinski definition) is 1. The molecule has 3 aromatic rings. The van der Waals surface area contributed by atoms with Gasteiger partial charge in [0.05, 0.1) is 35.2 Å². The number of aliphatic hydroxyl groups is 1. The second kappa shape index (κ2) is 7.85. The van der Waals surface area contributed by atoms with E-state index in [4.69, 9.17) is 0 Å². The SMILES string of the molecule is CS(=O)(=O)c1ccc(CC(=O)N2CCC(O)(Cn3ccc4ccncc43)CC2)cc1. The zero-order chi connectivity index (χ0) is 21.4. The molecule has 0 spiro atoms. The molecule has 1 fully saturated rings. The predicted octanol–water partition coefficient (Wildman–Crippen LogP) is 2.04. The first kappa shape index (κ1) is 20.6. The number of aromatic nitrogens is 2. The highest BCUT2D eigenvalue weighted by Gasteiger charge is 2.34. The van der Waals surface area contributed by atoms with Gasteiger partial charge in [-0.2, -0.15) is 0 Å². The molecule has 1 aliphatic rings. The third kappa shape index (κ3) is 4.39. The van der Waals surface area contributed by atoms with E-state index in [1.165, 1.54) is 12.1 Å². The van der Waals surface area contributed by atoms with Gasteiger partial charge < -0.3 is 14.6 Å². The average Bonchev–Trinajstić information content (AvgIpc) is 3.11. The van der Waals surface area contributed by atoms with E-state index in [0.717, 1.165) is 22.7 Å². The van der Waals surface area contributed by atoms with Gasteiger partial charge in [-0.05, 0) is 42.7 Å². The molecule has 158 valence electrons. The van der Waals surface area contributed by atoms with Gasteiger partial charge >= 0.3 is 0 Å². The lowest BCUT2D eigenvalue weighted by Gasteiger charge is -2.38. The summed E-state index contributed by atoms with van der Waals surface area (Å²) >= 11 is 0. The Labute approximate surface area is 175 Å². The number of carbonyl (C=O) groups excluding carboxylic acids is 1. The van der Waals surface area contributed by atoms with Crippen LogP contribution < -0.4 is 0 Å². The number of nitrogens with zero attached hydrogens (tertiary/aromatic N) is 3. The number of fused-ring (bicyclic) bond motifs is 1. The summed E-state index contributed by atoms with van der Waals surface area (Å²) in [6.45, 7) is 1.46. The lowest BCUT2D eigenvalue weighted by molar-refractivity contribution is -0.135. The van der Waals surface area contributed by atoms with Crippen molar-refractivity contribution in [2.24, 2.45) is 0 Å². The Morgan fingerprint density at radius 1 is 1.13 bits per heavy atom. The number of sulfone groups is 1. The molecule has 0 unspecified atom stereocenters. The minimum absolute atomic E-state index is 0.0141. The Kier molecular flexibility index (Phi) is 5.38. The molecular formula is C22H25N3O4S. The molecule has 3 heterocycles. The highest BCUT2D eigenvalue weighted by atomic mass is 32.2. The van der Waals surface area contributed by atoms with Crippen LogP contribution in [0, 0.1) is 0 Å². The highest BCUT2D eigenvalue weighted by Crippen LogP contribution is 2.27. The number of pyridine rings is 1. The van der Waals surface area contributed by atoms with Gasteiger partial charge in [0.1, 0.15) is 0 Å². The molecule has 0 bridgehead atoms. The summed E-state index contributed by atoms with van der Waals surface area (Å²) in [6, 6.07) is 10.4. The van der Waals surface area contributed by atoms with Crippen LogP contribution in [-0.2, 0) is 27.6 Å². The first-order valence-corrected chi connectivity index (χ1v) is 11.8. The molecule has 1 amide bonds. The fraction of sp³-hybridized carbons (Fsp3) is 0.364. The summed E-state index contributed by atoms with van der Waals surface area (Å²) in [4.78, 5) is 18.8. The van der Waals surface area contributed by atoms with Crippen LogP contribution in [0.15, 0.2) is 59.9 Å². The zero-order valence-electron chi connectivity index (χ0n) is 16.9. The second-order valence-corrected chi connectivity index (χ2v) is 10.1. The van der Waals surface area contributed by atoms with Crippen LogP contribution >= 0.6 is 0 Å². The van der Waals surface area contributed by atoms with Gasteiger partial charge in [-0.1, -0.05) is 12.1 Å². The van der Waals surface area contributed by atoms with Gasteiger partial charge in [-0.3, -0.25) is 9.78 Å². The molecule has 8 heteroatoms. The minimum Gasteiger partial charge on any atom is -0.388 e. The van der Waals surface area contributed by atoms with Crippen molar-refractivity contribution < 1.29 is 18.3 Å². The lowest BCUT2D eigenvalue weighted by Crippen LogP contribution is -2.49. The van der Waals surface area contributed by atoms with E-state index >= 15 is 0 Å². The Balaban J connectivity index is 1.36. The van der Waals surface area contributed by atoms with E-state index in [9.17, 15) is 18.3 Å². The van der Waals surface area contributed by atoms with E-state index in [-0.39, 0.29) is 17.2 Å². The number of benzene rings is 1. The van der Waals surface area contributed by atoms with Crippen molar-refractivity contribution in [1.29, 1.82) is 0 Å². The molecule has 30 heavy (non-hydrogen) atoms. The van der Waals surface area contributed by atoms with Crippen molar-refractivity contribution in [1.82, 2.24) is 14.5 Å². The molecule has 0 atom stereocenters. The smallest absolute Gasteiger partial charge is 0.226 e. The minimum atomic E-state index is -3.25. The number of hydrogen-bond acceptors (Lipinski definition) is 5. The molecule has 4 rings (SSSR count). The van der Waals surface area contributed by atoms with Gasteiger partial charge in [0.25, 0.3) is 0 Å². The molecule has 1 aliphatic heterocycles. The standard InChI is InChI=1S/C22H25N3O4S/c1-30(28,29)19-4-2-17(3-5-19)14-21(26)24-12-8-22(27,9-13-24)16-25-11-7-18-6-10-23-15-20(18)25/h2-7,10-11,15,27H,8-9,12-14,16H2,1H3. The van der Waals surface area contributed by atoms with Gasteiger partial charge in [-0.25, -0.2) is 8.42 Å². The third-order valence-electron chi connectivity index (χ3n) is 5.79. The van der Waals surface area contributed by atoms with Crippen molar-refractivity contribution in [3.63, 3.8) is 0 Å². The molecule has 2 aromatic heterocycles. The summed E-state index contributed by atoms with van der Waals surface area (Å²) in [5.41, 5.74) is 0.900. The summed E-state index contributed by atoms with van der Waals surface area (Å²) < 4.78 is 25.1. The molecule has 0 aliphatic carbocycles. The summed E-state index contributed by atoms with van der Waals surface area (Å²) in [5.74, 6) is -0.0141. The Morgan fingerprint density at radius 2 is 1.83 bits per heavy atom. The molecule has 1 saturated heterocycles. The molecule has 0 saturated carbocycles. The van der Waals surface area contributed by atoms with E-state index in [2.05, 4.69) is 4.98 Å². The van der Waals surface area contributed by atoms with Gasteiger partial charge in [0.2, 0.25) is 5.91 Å². The first-order chi connectivity index (χ1) is 14.2. The van der Waals surface area contributed by atoms with Gasteiger partial charge in [0.15, 0.2) is 9.84 Å². The normalized spacial score (nSPS) is 16.7. The third-order valence-corrected chi connectivity index (χ3v) is 6.92. The van der Waals surface area contributed by atoms with E-state index in [0.29, 0.717) is 32.5 Å². The molecule has 7 nitrogen and oxygen atoms in total. The largest absolute Gasteiger partial charge is 0.388 e. The predicted molar refractivity (Wildman–Crippen MR) is 114 cm³/mol. The molecule has 0 radical (unpaired) electrons. The zero-order valence-corrected chi connectivity index (χ0v) is 17.7. The quantitative estimate of drug-likeness (QED) is 0.673. The van der Waals surface area contributed by atoms with E-state index in [1.807, 2.05) is 22.9 Å². The van der Waals surface area contributed by atoms with Gasteiger partial charge in [-0.15, -0.1) is 0 Å². The van der Waals surface area contributed by atoms with Crippen LogP contribution in [0.2, 0.25) is 0 Å². The van der Waals surface area contributed by atoms with Crippen LogP contribution in [0.25, 0.3) is 10.9 Å². The number of amides is 1. The van der Waals surface area contributed by atoms with Crippen molar-refractivity contribution in [3.05, 3.63) is 60.6 Å². The Morgan fingerprint density at radius 3 is 2.50 bits per heavy atom. The molecular weight excluding hydrogens is 402 g/mol. The summed E-state index contributed by atoms with van der Waals surface area (Å²) in [7, 11) is -3.25. The number of rotatable bonds is 5. The van der Waals surface area contributed by atoms with Crippen molar-refractivity contribution in [3.8, 4) is 0 Å². The van der Waals surface area contributed by atoms with Crippen LogP contribution in [0.4, 0.5) is 0 Å². The Bertz CT molecular complexity index is 1160. The monoisotopic (exact) mass is 427 g/mol. The van der Waals surface area contributed by atoms with Gasteiger partial charge in [0, 0.05) is 37.1 Å². The van der Waals surface area contributed by atoms with E-state index in [1.54, 1.807) is 29.4 Å². The van der Waals surface area contributed by atoms with Crippen molar-refractivity contribution in [2.75, 3.05) is 19.3 Å². The molecule has 1 aromatic carbocycles. The second-order valence-electron chi connectivity index (χ2n) is 8.08. The van der Waals surface area contributed by atoms with E-state index < -0.39 is 15.4 Å². The van der Waals surface area contributed by atoms with Crippen molar-refractivity contribution >= 4 is 26.6 Å². The maximum absolute atomic E-state index is 12.7. The Hall–Kier alpha value is -2.71. The number of likely N-dealkylation sites (tertiary alicyclic amines) is 1. The molecule has 1 N–H and O–H groups in total. The average molecular weight is 428 g/mol. The highest BCUT2D eigenvalue weighted by molar-refractivity contribution is 7.90. The van der Waals surface area contributed by atoms with Crippen molar-refractivity contribution in [2.45, 2.75) is 36.3 Å². The fourth-order valence-corrected chi connectivity index (χ4v) is 4.59.